The summed E-state index contributed by atoms with van der Waals surface area (Å²) >= 11 is 7.72. The second-order valence-corrected chi connectivity index (χ2v) is 7.50. The van der Waals surface area contributed by atoms with Gasteiger partial charge in [-0.1, -0.05) is 36.1 Å². The third-order valence-corrected chi connectivity index (χ3v) is 5.33. The van der Waals surface area contributed by atoms with Crippen molar-refractivity contribution >= 4 is 62.7 Å². The van der Waals surface area contributed by atoms with Gasteiger partial charge in [0.1, 0.15) is 16.6 Å². The van der Waals surface area contributed by atoms with Crippen LogP contribution in [0, 0.1) is 0 Å². The van der Waals surface area contributed by atoms with Gasteiger partial charge in [-0.05, 0) is 23.8 Å². The van der Waals surface area contributed by atoms with Crippen molar-refractivity contribution in [2.24, 2.45) is 0 Å². The van der Waals surface area contributed by atoms with Crippen LogP contribution >= 0.6 is 35.3 Å². The van der Waals surface area contributed by atoms with Gasteiger partial charge in [-0.3, -0.25) is 14.5 Å². The van der Waals surface area contributed by atoms with E-state index in [9.17, 15) is 9.59 Å². The van der Waals surface area contributed by atoms with Crippen LogP contribution in [0.5, 0.6) is 5.75 Å². The minimum absolute atomic E-state index is 0.135. The van der Waals surface area contributed by atoms with Crippen molar-refractivity contribution < 1.29 is 14.3 Å². The SMILES string of the molecule is COc1ccc(C=C2SC(=S)N(CC(=O)Nc3nccs3)C2=O)cc1. The number of thiocarbonyl (C=S) groups is 1. The standard InChI is InChI=1S/C16H13N3O3S3/c1-22-11-4-2-10(3-5-11)8-12-14(21)19(16(23)25-12)9-13(20)18-15-17-6-7-24-15/h2-8H,9H2,1H3,(H,17,18,20). The molecule has 0 saturated carbocycles. The van der Waals surface area contributed by atoms with Crippen molar-refractivity contribution in [1.82, 2.24) is 9.88 Å². The number of thiazole rings is 1. The number of carbonyl (C=O) groups is 2. The lowest BCUT2D eigenvalue weighted by Gasteiger charge is -2.13. The number of hydrogen-bond donors (Lipinski definition) is 1. The van der Waals surface area contributed by atoms with E-state index in [0.29, 0.717) is 14.4 Å². The molecule has 25 heavy (non-hydrogen) atoms. The average Bonchev–Trinajstić information content (AvgIpc) is 3.20. The van der Waals surface area contributed by atoms with Gasteiger partial charge < -0.3 is 10.1 Å². The number of anilines is 1. The molecule has 1 saturated heterocycles. The first-order valence-corrected chi connectivity index (χ1v) is 9.26. The topological polar surface area (TPSA) is 71.5 Å². The van der Waals surface area contributed by atoms with Crippen molar-refractivity contribution in [3.63, 3.8) is 0 Å². The third kappa shape index (κ3) is 4.25. The molecule has 1 N–H and O–H groups in total. The summed E-state index contributed by atoms with van der Waals surface area (Å²) in [4.78, 5) is 30.3. The molecule has 0 bridgehead atoms. The number of carbonyl (C=O) groups excluding carboxylic acids is 2. The highest BCUT2D eigenvalue weighted by Crippen LogP contribution is 2.32. The van der Waals surface area contributed by atoms with Crippen LogP contribution in [0.1, 0.15) is 5.56 Å². The van der Waals surface area contributed by atoms with Gasteiger partial charge in [0.2, 0.25) is 5.91 Å². The average molecular weight is 391 g/mol. The highest BCUT2D eigenvalue weighted by Gasteiger charge is 2.33. The molecule has 6 nitrogen and oxygen atoms in total. The molecule has 1 fully saturated rings. The molecule has 2 heterocycles. The molecule has 0 radical (unpaired) electrons. The van der Waals surface area contributed by atoms with Gasteiger partial charge >= 0.3 is 0 Å². The number of benzene rings is 1. The lowest BCUT2D eigenvalue weighted by Crippen LogP contribution is -2.36. The fraction of sp³-hybridized carbons (Fsp3) is 0.125. The maximum absolute atomic E-state index is 12.5. The third-order valence-electron chi connectivity index (χ3n) is 3.27. The lowest BCUT2D eigenvalue weighted by molar-refractivity contribution is -0.126. The Bertz CT molecular complexity index is 832. The molecule has 0 aliphatic carbocycles. The van der Waals surface area contributed by atoms with E-state index in [2.05, 4.69) is 10.3 Å². The predicted molar refractivity (Wildman–Crippen MR) is 104 cm³/mol. The highest BCUT2D eigenvalue weighted by atomic mass is 32.2. The summed E-state index contributed by atoms with van der Waals surface area (Å²) in [6.45, 7) is -0.135. The monoisotopic (exact) mass is 391 g/mol. The van der Waals surface area contributed by atoms with Gasteiger partial charge in [-0.25, -0.2) is 4.98 Å². The Kier molecular flexibility index (Phi) is 5.47. The Morgan fingerprint density at radius 2 is 2.16 bits per heavy atom. The molecule has 2 aromatic rings. The Morgan fingerprint density at radius 3 is 2.80 bits per heavy atom. The fourth-order valence-corrected chi connectivity index (χ4v) is 3.88. The molecule has 128 valence electrons. The van der Waals surface area contributed by atoms with E-state index in [1.54, 1.807) is 24.8 Å². The minimum atomic E-state index is -0.336. The number of ether oxygens (including phenoxy) is 1. The van der Waals surface area contributed by atoms with Crippen LogP contribution in [0.25, 0.3) is 6.08 Å². The van der Waals surface area contributed by atoms with E-state index in [1.165, 1.54) is 28.0 Å². The van der Waals surface area contributed by atoms with Gasteiger partial charge in [0.15, 0.2) is 5.13 Å². The van der Waals surface area contributed by atoms with Crippen LogP contribution < -0.4 is 10.1 Å². The maximum atomic E-state index is 12.5. The molecular weight excluding hydrogens is 378 g/mol. The molecule has 2 amide bonds. The predicted octanol–water partition coefficient (Wildman–Crippen LogP) is 2.99. The Morgan fingerprint density at radius 1 is 1.40 bits per heavy atom. The Labute approximate surface area is 157 Å². The van der Waals surface area contributed by atoms with Gasteiger partial charge in [0.25, 0.3) is 5.91 Å². The second kappa shape index (κ2) is 7.77. The molecular formula is C16H13N3O3S3. The Balaban J connectivity index is 1.68. The quantitative estimate of drug-likeness (QED) is 0.624. The maximum Gasteiger partial charge on any atom is 0.266 e. The summed E-state index contributed by atoms with van der Waals surface area (Å²) in [5.41, 5.74) is 0.855. The molecule has 1 aliphatic heterocycles. The van der Waals surface area contributed by atoms with Crippen LogP contribution in [0.4, 0.5) is 5.13 Å². The van der Waals surface area contributed by atoms with Crippen LogP contribution in [0.2, 0.25) is 0 Å². The van der Waals surface area contributed by atoms with Crippen LogP contribution in [-0.2, 0) is 9.59 Å². The first-order chi connectivity index (χ1) is 12.1. The summed E-state index contributed by atoms with van der Waals surface area (Å²) in [5.74, 6) is 0.126. The van der Waals surface area contributed by atoms with E-state index in [4.69, 9.17) is 17.0 Å². The van der Waals surface area contributed by atoms with Crippen molar-refractivity contribution in [2.45, 2.75) is 0 Å². The zero-order chi connectivity index (χ0) is 17.8. The summed E-state index contributed by atoms with van der Waals surface area (Å²) in [5, 5.41) is 4.89. The van der Waals surface area contributed by atoms with Crippen molar-refractivity contribution in [2.75, 3.05) is 19.0 Å². The van der Waals surface area contributed by atoms with E-state index in [1.807, 2.05) is 24.3 Å². The highest BCUT2D eigenvalue weighted by molar-refractivity contribution is 8.26. The summed E-state index contributed by atoms with van der Waals surface area (Å²) in [7, 11) is 1.59. The summed E-state index contributed by atoms with van der Waals surface area (Å²) < 4.78 is 5.47. The second-order valence-electron chi connectivity index (χ2n) is 4.93. The number of thioether (sulfide) groups is 1. The largest absolute Gasteiger partial charge is 0.497 e. The van der Waals surface area contributed by atoms with Gasteiger partial charge in [-0.15, -0.1) is 11.3 Å². The van der Waals surface area contributed by atoms with E-state index >= 15 is 0 Å². The van der Waals surface area contributed by atoms with Crippen LogP contribution in [-0.4, -0.2) is 39.7 Å². The van der Waals surface area contributed by atoms with E-state index in [-0.39, 0.29) is 18.4 Å². The van der Waals surface area contributed by atoms with Gasteiger partial charge in [0.05, 0.1) is 12.0 Å². The smallest absolute Gasteiger partial charge is 0.266 e. The molecule has 0 atom stereocenters. The molecule has 3 rings (SSSR count). The van der Waals surface area contributed by atoms with Gasteiger partial charge in [0, 0.05) is 11.6 Å². The Hall–Kier alpha value is -2.23. The first kappa shape index (κ1) is 17.6. The minimum Gasteiger partial charge on any atom is -0.497 e. The zero-order valence-corrected chi connectivity index (χ0v) is 15.5. The fourth-order valence-electron chi connectivity index (χ4n) is 2.08. The number of nitrogens with one attached hydrogen (secondary N) is 1. The van der Waals surface area contributed by atoms with Crippen molar-refractivity contribution in [1.29, 1.82) is 0 Å². The molecule has 1 aromatic heterocycles. The zero-order valence-electron chi connectivity index (χ0n) is 13.1. The van der Waals surface area contributed by atoms with Crippen LogP contribution in [0.15, 0.2) is 40.7 Å². The summed E-state index contributed by atoms with van der Waals surface area (Å²) in [6, 6.07) is 7.32. The number of methoxy groups -OCH3 is 1. The summed E-state index contributed by atoms with van der Waals surface area (Å²) in [6.07, 6.45) is 3.34. The van der Waals surface area contributed by atoms with E-state index < -0.39 is 0 Å². The number of aromatic nitrogens is 1. The number of amides is 2. The van der Waals surface area contributed by atoms with Gasteiger partial charge in [-0.2, -0.15) is 0 Å². The molecule has 1 aliphatic rings. The number of hydrogen-bond acceptors (Lipinski definition) is 7. The van der Waals surface area contributed by atoms with E-state index in [0.717, 1.165) is 11.3 Å². The normalized spacial score (nSPS) is 15.7. The first-order valence-electron chi connectivity index (χ1n) is 7.15. The molecule has 9 heteroatoms. The van der Waals surface area contributed by atoms with Crippen LogP contribution in [0.3, 0.4) is 0 Å². The number of rotatable bonds is 5. The number of nitrogens with zero attached hydrogens (tertiary/aromatic N) is 2. The molecule has 0 spiro atoms. The lowest BCUT2D eigenvalue weighted by atomic mass is 10.2. The van der Waals surface area contributed by atoms with Crippen molar-refractivity contribution in [3.8, 4) is 5.75 Å². The molecule has 1 aromatic carbocycles. The molecule has 0 unspecified atom stereocenters. The van der Waals surface area contributed by atoms with Crippen molar-refractivity contribution in [3.05, 3.63) is 46.3 Å².